The standard InChI is InChI=1S/C14H26N2O3/c1-12(2,18)8-16(5)11(17)14(15)9-6-7-19-10(9)13(14,3)4/h9-10,18H,6-8,15H2,1-5H3. The highest BCUT2D eigenvalue weighted by molar-refractivity contribution is 5.89. The van der Waals surface area contributed by atoms with Gasteiger partial charge in [0.25, 0.3) is 0 Å². The van der Waals surface area contributed by atoms with Gasteiger partial charge < -0.3 is 20.5 Å². The van der Waals surface area contributed by atoms with Crippen molar-refractivity contribution in [3.05, 3.63) is 0 Å². The van der Waals surface area contributed by atoms with Crippen molar-refractivity contribution in [3.63, 3.8) is 0 Å². The number of rotatable bonds is 3. The first kappa shape index (κ1) is 14.8. The molecule has 19 heavy (non-hydrogen) atoms. The van der Waals surface area contributed by atoms with Crippen LogP contribution >= 0.6 is 0 Å². The second-order valence-corrected chi connectivity index (χ2v) is 7.25. The first-order valence-corrected chi connectivity index (χ1v) is 6.90. The van der Waals surface area contributed by atoms with Crippen LogP contribution in [0.2, 0.25) is 0 Å². The van der Waals surface area contributed by atoms with E-state index >= 15 is 0 Å². The van der Waals surface area contributed by atoms with Crippen LogP contribution in [-0.4, -0.2) is 53.4 Å². The quantitative estimate of drug-likeness (QED) is 0.776. The Bertz CT molecular complexity index is 389. The summed E-state index contributed by atoms with van der Waals surface area (Å²) in [4.78, 5) is 14.3. The number of carbonyl (C=O) groups excluding carboxylic acids is 1. The molecule has 2 rings (SSSR count). The van der Waals surface area contributed by atoms with E-state index in [1.54, 1.807) is 25.8 Å². The van der Waals surface area contributed by atoms with Gasteiger partial charge in [-0.2, -0.15) is 0 Å². The molecule has 2 aliphatic rings. The summed E-state index contributed by atoms with van der Waals surface area (Å²) < 4.78 is 5.69. The zero-order valence-corrected chi connectivity index (χ0v) is 12.6. The molecule has 0 spiro atoms. The number of hydrogen-bond donors (Lipinski definition) is 2. The molecule has 0 radical (unpaired) electrons. The second kappa shape index (κ2) is 4.17. The van der Waals surface area contributed by atoms with Crippen LogP contribution in [0.15, 0.2) is 0 Å². The van der Waals surface area contributed by atoms with Gasteiger partial charge in [-0.15, -0.1) is 0 Å². The molecular weight excluding hydrogens is 244 g/mol. The number of nitrogens with zero attached hydrogens (tertiary/aromatic N) is 1. The molecule has 1 amide bonds. The Labute approximate surface area is 115 Å². The molecule has 0 aromatic carbocycles. The molecule has 2 fully saturated rings. The summed E-state index contributed by atoms with van der Waals surface area (Å²) in [5.41, 5.74) is 4.32. The zero-order valence-electron chi connectivity index (χ0n) is 12.6. The highest BCUT2D eigenvalue weighted by Gasteiger charge is 2.71. The van der Waals surface area contributed by atoms with Crippen LogP contribution in [0.5, 0.6) is 0 Å². The first-order valence-electron chi connectivity index (χ1n) is 6.90. The van der Waals surface area contributed by atoms with Gasteiger partial charge in [-0.1, -0.05) is 13.8 Å². The summed E-state index contributed by atoms with van der Waals surface area (Å²) in [6.07, 6.45) is 0.921. The van der Waals surface area contributed by atoms with E-state index in [1.165, 1.54) is 0 Å². The summed E-state index contributed by atoms with van der Waals surface area (Å²) in [6, 6.07) is 0. The van der Waals surface area contributed by atoms with Crippen molar-refractivity contribution in [2.75, 3.05) is 20.2 Å². The molecule has 110 valence electrons. The Morgan fingerprint density at radius 1 is 1.53 bits per heavy atom. The molecule has 3 N–H and O–H groups in total. The molecular formula is C14H26N2O3. The van der Waals surface area contributed by atoms with Crippen LogP contribution in [0.3, 0.4) is 0 Å². The van der Waals surface area contributed by atoms with Gasteiger partial charge in [-0.3, -0.25) is 4.79 Å². The Morgan fingerprint density at radius 2 is 2.11 bits per heavy atom. The molecule has 0 aromatic heterocycles. The average molecular weight is 270 g/mol. The Kier molecular flexibility index (Phi) is 3.24. The molecule has 1 heterocycles. The maximum Gasteiger partial charge on any atom is 0.243 e. The van der Waals surface area contributed by atoms with Crippen molar-refractivity contribution in [1.29, 1.82) is 0 Å². The Hall–Kier alpha value is -0.650. The molecule has 0 bridgehead atoms. The van der Waals surface area contributed by atoms with E-state index in [-0.39, 0.29) is 29.9 Å². The number of nitrogens with two attached hydrogens (primary N) is 1. The van der Waals surface area contributed by atoms with Gasteiger partial charge in [-0.05, 0) is 20.3 Å². The van der Waals surface area contributed by atoms with Crippen LogP contribution in [0.4, 0.5) is 0 Å². The van der Waals surface area contributed by atoms with E-state index in [9.17, 15) is 9.90 Å². The number of likely N-dealkylation sites (N-methyl/N-ethyl adjacent to an activating group) is 1. The highest BCUT2D eigenvalue weighted by Crippen LogP contribution is 2.58. The van der Waals surface area contributed by atoms with Crippen LogP contribution in [0, 0.1) is 11.3 Å². The van der Waals surface area contributed by atoms with Gasteiger partial charge in [0.2, 0.25) is 5.91 Å². The number of aliphatic hydroxyl groups is 1. The predicted octanol–water partition coefficient (Wildman–Crippen LogP) is 0.358. The number of hydrogen-bond acceptors (Lipinski definition) is 4. The van der Waals surface area contributed by atoms with E-state index in [0.29, 0.717) is 6.61 Å². The van der Waals surface area contributed by atoms with Gasteiger partial charge in [0.1, 0.15) is 5.54 Å². The molecule has 5 heteroatoms. The fourth-order valence-corrected chi connectivity index (χ4v) is 3.79. The number of amides is 1. The van der Waals surface area contributed by atoms with Crippen molar-refractivity contribution in [1.82, 2.24) is 4.90 Å². The van der Waals surface area contributed by atoms with Crippen molar-refractivity contribution in [3.8, 4) is 0 Å². The summed E-state index contributed by atoms with van der Waals surface area (Å²) >= 11 is 0. The van der Waals surface area contributed by atoms with Gasteiger partial charge in [0.15, 0.2) is 0 Å². The van der Waals surface area contributed by atoms with Crippen molar-refractivity contribution in [2.45, 2.75) is 51.4 Å². The average Bonchev–Trinajstić information content (AvgIpc) is 2.72. The Morgan fingerprint density at radius 3 is 2.63 bits per heavy atom. The lowest BCUT2D eigenvalue weighted by Gasteiger charge is -2.61. The second-order valence-electron chi connectivity index (χ2n) is 7.25. The smallest absolute Gasteiger partial charge is 0.243 e. The minimum absolute atomic E-state index is 0.0805. The molecule has 3 unspecified atom stereocenters. The summed E-state index contributed by atoms with van der Waals surface area (Å²) in [5.74, 6) is 0.00521. The van der Waals surface area contributed by atoms with Crippen molar-refractivity contribution < 1.29 is 14.6 Å². The Balaban J connectivity index is 2.18. The highest BCUT2D eigenvalue weighted by atomic mass is 16.5. The van der Waals surface area contributed by atoms with E-state index in [1.807, 2.05) is 13.8 Å². The zero-order chi connectivity index (χ0) is 14.6. The third kappa shape index (κ3) is 1.99. The topological polar surface area (TPSA) is 75.8 Å². The fraction of sp³-hybridized carbons (Fsp3) is 0.929. The maximum absolute atomic E-state index is 12.7. The van der Waals surface area contributed by atoms with Crippen LogP contribution in [-0.2, 0) is 9.53 Å². The maximum atomic E-state index is 12.7. The third-order valence-electron chi connectivity index (χ3n) is 4.78. The normalized spacial score (nSPS) is 36.6. The predicted molar refractivity (Wildman–Crippen MR) is 72.5 cm³/mol. The van der Waals surface area contributed by atoms with Crippen LogP contribution in [0.25, 0.3) is 0 Å². The summed E-state index contributed by atoms with van der Waals surface area (Å²) in [7, 11) is 1.70. The van der Waals surface area contributed by atoms with Crippen LogP contribution in [0.1, 0.15) is 34.1 Å². The van der Waals surface area contributed by atoms with Crippen molar-refractivity contribution in [2.24, 2.45) is 17.1 Å². The van der Waals surface area contributed by atoms with Gasteiger partial charge >= 0.3 is 0 Å². The number of carbonyl (C=O) groups is 1. The van der Waals surface area contributed by atoms with E-state index in [2.05, 4.69) is 0 Å². The number of ether oxygens (including phenoxy) is 1. The van der Waals surface area contributed by atoms with Gasteiger partial charge in [0, 0.05) is 31.5 Å². The SMILES string of the molecule is CN(CC(C)(C)O)C(=O)C1(N)C2CCOC2C1(C)C. The van der Waals surface area contributed by atoms with E-state index in [4.69, 9.17) is 10.5 Å². The lowest BCUT2D eigenvalue weighted by atomic mass is 9.47. The number of fused-ring (bicyclic) bond motifs is 1. The molecule has 5 nitrogen and oxygen atoms in total. The lowest BCUT2D eigenvalue weighted by molar-refractivity contribution is -0.184. The van der Waals surface area contributed by atoms with Crippen LogP contribution < -0.4 is 5.73 Å². The summed E-state index contributed by atoms with van der Waals surface area (Å²) in [6.45, 7) is 8.32. The van der Waals surface area contributed by atoms with E-state index in [0.717, 1.165) is 6.42 Å². The van der Waals surface area contributed by atoms with Gasteiger partial charge in [-0.25, -0.2) is 0 Å². The molecule has 1 saturated heterocycles. The minimum Gasteiger partial charge on any atom is -0.389 e. The molecule has 3 atom stereocenters. The van der Waals surface area contributed by atoms with E-state index < -0.39 is 11.1 Å². The monoisotopic (exact) mass is 270 g/mol. The summed E-state index contributed by atoms with van der Waals surface area (Å²) in [5, 5.41) is 9.85. The molecule has 1 aliphatic carbocycles. The molecule has 0 aromatic rings. The third-order valence-corrected chi connectivity index (χ3v) is 4.78. The first-order chi connectivity index (χ1) is 8.52. The van der Waals surface area contributed by atoms with Gasteiger partial charge in [0.05, 0.1) is 11.7 Å². The fourth-order valence-electron chi connectivity index (χ4n) is 3.79. The minimum atomic E-state index is -0.916. The lowest BCUT2D eigenvalue weighted by Crippen LogP contribution is -2.80. The largest absolute Gasteiger partial charge is 0.389 e. The van der Waals surface area contributed by atoms with Crippen molar-refractivity contribution >= 4 is 5.91 Å². The molecule has 1 aliphatic heterocycles. The molecule has 1 saturated carbocycles.